The van der Waals surface area contributed by atoms with Gasteiger partial charge in [-0.15, -0.1) is 0 Å². The second kappa shape index (κ2) is 5.96. The molecule has 2 nitrogen and oxygen atoms in total. The minimum atomic E-state index is 0.556. The Labute approximate surface area is 125 Å². The van der Waals surface area contributed by atoms with Crippen LogP contribution in [0.4, 0.5) is 0 Å². The van der Waals surface area contributed by atoms with Crippen LogP contribution >= 0.6 is 0 Å². The first-order valence-corrected chi connectivity index (χ1v) is 9.07. The molecule has 3 saturated heterocycles. The average Bonchev–Trinajstić information content (AvgIpc) is 2.49. The molecule has 1 unspecified atom stereocenters. The lowest BCUT2D eigenvalue weighted by atomic mass is 9.68. The van der Waals surface area contributed by atoms with Gasteiger partial charge in [-0.25, -0.2) is 0 Å². The van der Waals surface area contributed by atoms with E-state index in [0.717, 1.165) is 23.9 Å². The van der Waals surface area contributed by atoms with Crippen LogP contribution in [0.2, 0.25) is 0 Å². The predicted octanol–water partition coefficient (Wildman–Crippen LogP) is 3.67. The highest BCUT2D eigenvalue weighted by atomic mass is 15.2. The molecule has 0 aromatic carbocycles. The van der Waals surface area contributed by atoms with Crippen molar-refractivity contribution >= 4 is 0 Å². The van der Waals surface area contributed by atoms with Gasteiger partial charge in [0.2, 0.25) is 0 Å². The highest BCUT2D eigenvalue weighted by Crippen LogP contribution is 2.40. The summed E-state index contributed by atoms with van der Waals surface area (Å²) in [5, 5.41) is 4.04. The van der Waals surface area contributed by atoms with Crippen molar-refractivity contribution < 1.29 is 0 Å². The number of nitrogens with one attached hydrogen (secondary N) is 1. The molecule has 0 radical (unpaired) electrons. The molecule has 1 N–H and O–H groups in total. The predicted molar refractivity (Wildman–Crippen MR) is 85.9 cm³/mol. The molecule has 3 heterocycles. The van der Waals surface area contributed by atoms with Crippen molar-refractivity contribution in [2.75, 3.05) is 19.6 Å². The highest BCUT2D eigenvalue weighted by molar-refractivity contribution is 4.94. The maximum Gasteiger partial charge on any atom is 0.0226 e. The molecule has 116 valence electrons. The van der Waals surface area contributed by atoms with Crippen LogP contribution in [0.5, 0.6) is 0 Å². The normalized spacial score (nSPS) is 41.9. The first-order valence-electron chi connectivity index (χ1n) is 9.07. The van der Waals surface area contributed by atoms with E-state index in [9.17, 15) is 0 Å². The van der Waals surface area contributed by atoms with E-state index in [1.54, 1.807) is 0 Å². The van der Waals surface area contributed by atoms with Gasteiger partial charge >= 0.3 is 0 Å². The molecule has 2 bridgehead atoms. The molecule has 0 aromatic rings. The zero-order valence-corrected chi connectivity index (χ0v) is 13.8. The summed E-state index contributed by atoms with van der Waals surface area (Å²) >= 11 is 0. The van der Waals surface area contributed by atoms with Crippen molar-refractivity contribution in [3.05, 3.63) is 0 Å². The van der Waals surface area contributed by atoms with Gasteiger partial charge in [-0.1, -0.05) is 27.2 Å². The zero-order chi connectivity index (χ0) is 14.2. The highest BCUT2D eigenvalue weighted by Gasteiger charge is 2.37. The fraction of sp³-hybridized carbons (Fsp3) is 1.00. The molecule has 0 amide bonds. The second-order valence-corrected chi connectivity index (χ2v) is 8.30. The molecule has 2 heteroatoms. The molecule has 4 aliphatic rings. The molecule has 0 spiro atoms. The third-order valence-corrected chi connectivity index (χ3v) is 6.85. The van der Waals surface area contributed by atoms with E-state index in [4.69, 9.17) is 0 Å². The number of nitrogens with zero attached hydrogens (tertiary/aromatic N) is 1. The molecule has 1 saturated carbocycles. The molecule has 4 fully saturated rings. The Morgan fingerprint density at radius 3 is 2.15 bits per heavy atom. The fourth-order valence-electron chi connectivity index (χ4n) is 4.79. The largest absolute Gasteiger partial charge is 0.310 e. The van der Waals surface area contributed by atoms with Crippen LogP contribution in [0.25, 0.3) is 0 Å². The Bertz CT molecular complexity index is 309. The van der Waals surface area contributed by atoms with Crippen molar-refractivity contribution in [1.82, 2.24) is 10.2 Å². The first-order chi connectivity index (χ1) is 9.58. The van der Waals surface area contributed by atoms with Crippen LogP contribution in [-0.4, -0.2) is 36.6 Å². The van der Waals surface area contributed by atoms with Crippen LogP contribution < -0.4 is 5.32 Å². The summed E-state index contributed by atoms with van der Waals surface area (Å²) in [6.07, 6.45) is 9.93. The summed E-state index contributed by atoms with van der Waals surface area (Å²) in [6, 6.07) is 1.61. The maximum absolute atomic E-state index is 4.04. The minimum absolute atomic E-state index is 0.556. The van der Waals surface area contributed by atoms with Crippen LogP contribution in [0, 0.1) is 17.3 Å². The van der Waals surface area contributed by atoms with E-state index in [-0.39, 0.29) is 0 Å². The summed E-state index contributed by atoms with van der Waals surface area (Å²) in [5.41, 5.74) is 0.556. The molecule has 1 aliphatic carbocycles. The van der Waals surface area contributed by atoms with Crippen molar-refractivity contribution in [2.24, 2.45) is 17.3 Å². The van der Waals surface area contributed by atoms with Gasteiger partial charge in [0, 0.05) is 18.6 Å². The monoisotopic (exact) mass is 278 g/mol. The van der Waals surface area contributed by atoms with Crippen LogP contribution in [0.1, 0.15) is 65.7 Å². The van der Waals surface area contributed by atoms with E-state index in [1.165, 1.54) is 64.6 Å². The number of piperidine rings is 3. The van der Waals surface area contributed by atoms with Gasteiger partial charge in [0.1, 0.15) is 0 Å². The van der Waals surface area contributed by atoms with Gasteiger partial charge in [0.15, 0.2) is 0 Å². The van der Waals surface area contributed by atoms with Crippen molar-refractivity contribution in [2.45, 2.75) is 77.8 Å². The van der Waals surface area contributed by atoms with Gasteiger partial charge in [0.25, 0.3) is 0 Å². The Morgan fingerprint density at radius 1 is 1.00 bits per heavy atom. The molecule has 0 aromatic heterocycles. The molecule has 1 atom stereocenters. The molecule has 3 aliphatic heterocycles. The SMILES string of the molecule is CCC(C)(C)C1CCC(NC2CN3CCC2CC3)CC1. The number of fused-ring (bicyclic) bond motifs is 3. The van der Waals surface area contributed by atoms with Gasteiger partial charge in [-0.3, -0.25) is 0 Å². The first kappa shape index (κ1) is 14.8. The van der Waals surface area contributed by atoms with Gasteiger partial charge in [0.05, 0.1) is 0 Å². The van der Waals surface area contributed by atoms with Crippen molar-refractivity contribution in [3.63, 3.8) is 0 Å². The van der Waals surface area contributed by atoms with Crippen LogP contribution in [0.15, 0.2) is 0 Å². The molecular weight excluding hydrogens is 244 g/mol. The smallest absolute Gasteiger partial charge is 0.0226 e. The lowest BCUT2D eigenvalue weighted by Crippen LogP contribution is -2.58. The number of hydrogen-bond donors (Lipinski definition) is 1. The van der Waals surface area contributed by atoms with Crippen molar-refractivity contribution in [3.8, 4) is 0 Å². The second-order valence-electron chi connectivity index (χ2n) is 8.30. The van der Waals surface area contributed by atoms with Gasteiger partial charge in [-0.2, -0.15) is 0 Å². The van der Waals surface area contributed by atoms with Crippen LogP contribution in [0.3, 0.4) is 0 Å². The standard InChI is InChI=1S/C18H34N2/c1-4-18(2,3)15-5-7-16(8-6-15)19-17-13-20-11-9-14(17)10-12-20/h14-17,19H,4-13H2,1-3H3. The van der Waals surface area contributed by atoms with E-state index < -0.39 is 0 Å². The summed E-state index contributed by atoms with van der Waals surface area (Å²) in [6.45, 7) is 11.3. The zero-order valence-electron chi connectivity index (χ0n) is 13.8. The summed E-state index contributed by atoms with van der Waals surface area (Å²) < 4.78 is 0. The Morgan fingerprint density at radius 2 is 1.65 bits per heavy atom. The minimum Gasteiger partial charge on any atom is -0.310 e. The fourth-order valence-corrected chi connectivity index (χ4v) is 4.79. The van der Waals surface area contributed by atoms with Crippen LogP contribution in [-0.2, 0) is 0 Å². The third-order valence-electron chi connectivity index (χ3n) is 6.85. The third kappa shape index (κ3) is 3.06. The summed E-state index contributed by atoms with van der Waals surface area (Å²) in [7, 11) is 0. The quantitative estimate of drug-likeness (QED) is 0.844. The van der Waals surface area contributed by atoms with E-state index in [2.05, 4.69) is 31.0 Å². The van der Waals surface area contributed by atoms with E-state index in [0.29, 0.717) is 5.41 Å². The summed E-state index contributed by atoms with van der Waals surface area (Å²) in [4.78, 5) is 2.67. The van der Waals surface area contributed by atoms with Crippen molar-refractivity contribution in [1.29, 1.82) is 0 Å². The molecule has 20 heavy (non-hydrogen) atoms. The lowest BCUT2D eigenvalue weighted by molar-refractivity contribution is 0.0575. The maximum atomic E-state index is 4.04. The molecular formula is C18H34N2. The Hall–Kier alpha value is -0.0800. The molecule has 4 rings (SSSR count). The Kier molecular flexibility index (Phi) is 4.42. The Balaban J connectivity index is 1.47. The summed E-state index contributed by atoms with van der Waals surface area (Å²) in [5.74, 6) is 1.93. The topological polar surface area (TPSA) is 15.3 Å². The lowest BCUT2D eigenvalue weighted by Gasteiger charge is -2.47. The number of hydrogen-bond acceptors (Lipinski definition) is 2. The van der Waals surface area contributed by atoms with Gasteiger partial charge < -0.3 is 10.2 Å². The van der Waals surface area contributed by atoms with E-state index in [1.807, 2.05) is 0 Å². The average molecular weight is 278 g/mol. The van der Waals surface area contributed by atoms with E-state index >= 15 is 0 Å². The number of rotatable bonds is 4. The van der Waals surface area contributed by atoms with Gasteiger partial charge in [-0.05, 0) is 68.9 Å².